The number of piperidine rings is 1. The first kappa shape index (κ1) is 5.59. The Morgan fingerprint density at radius 3 is 2.11 bits per heavy atom. The van der Waals surface area contributed by atoms with Gasteiger partial charge in [0.05, 0.1) is 0 Å². The zero-order valence-corrected chi connectivity index (χ0v) is 5.27. The van der Waals surface area contributed by atoms with Crippen LogP contribution in [-0.2, 0) is 0 Å². The molecular weight excluding hydrogens is 124 g/mol. The van der Waals surface area contributed by atoms with Gasteiger partial charge in [-0.25, -0.2) is 8.78 Å². The van der Waals surface area contributed by atoms with Crippen LogP contribution in [0.25, 0.3) is 0 Å². The summed E-state index contributed by atoms with van der Waals surface area (Å²) in [7, 11) is 1.89. The van der Waals surface area contributed by atoms with Crippen molar-refractivity contribution in [3.8, 4) is 0 Å². The zero-order valence-electron chi connectivity index (χ0n) is 5.27. The minimum absolute atomic E-state index is 0.303. The maximum absolute atomic E-state index is 12.4. The number of nitrogens with zero attached hydrogens (tertiary/aromatic N) is 1. The summed E-state index contributed by atoms with van der Waals surface area (Å²) in [6, 6.07) is 0. The maximum Gasteiger partial charge on any atom is 0.257 e. The molecule has 2 aliphatic rings. The van der Waals surface area contributed by atoms with E-state index in [-0.39, 0.29) is 11.8 Å². The topological polar surface area (TPSA) is 3.24 Å². The van der Waals surface area contributed by atoms with E-state index in [1.54, 1.807) is 0 Å². The molecule has 1 saturated heterocycles. The molecule has 0 aromatic rings. The van der Waals surface area contributed by atoms with Crippen molar-refractivity contribution < 1.29 is 8.78 Å². The summed E-state index contributed by atoms with van der Waals surface area (Å²) in [5.41, 5.74) is 0. The normalized spacial score (nSPS) is 47.0. The van der Waals surface area contributed by atoms with E-state index < -0.39 is 5.92 Å². The Kier molecular flexibility index (Phi) is 0.799. The Balaban J connectivity index is 2.06. The SMILES string of the molecule is CN1C[C@@H]2[C@H](C1)C2(F)F. The third-order valence-corrected chi connectivity index (χ3v) is 2.38. The van der Waals surface area contributed by atoms with Gasteiger partial charge in [0.2, 0.25) is 0 Å². The molecule has 0 aromatic carbocycles. The van der Waals surface area contributed by atoms with Crippen molar-refractivity contribution in [1.29, 1.82) is 0 Å². The average molecular weight is 133 g/mol. The van der Waals surface area contributed by atoms with Gasteiger partial charge in [-0.05, 0) is 7.05 Å². The number of hydrogen-bond acceptors (Lipinski definition) is 1. The van der Waals surface area contributed by atoms with Crippen LogP contribution in [0.5, 0.6) is 0 Å². The van der Waals surface area contributed by atoms with Crippen LogP contribution in [0.1, 0.15) is 0 Å². The van der Waals surface area contributed by atoms with Crippen LogP contribution < -0.4 is 0 Å². The number of fused-ring (bicyclic) bond motifs is 1. The van der Waals surface area contributed by atoms with E-state index in [1.165, 1.54) is 0 Å². The molecule has 1 aliphatic heterocycles. The Morgan fingerprint density at radius 2 is 1.78 bits per heavy atom. The summed E-state index contributed by atoms with van der Waals surface area (Å²) in [6.07, 6.45) is 0. The highest BCUT2D eigenvalue weighted by Crippen LogP contribution is 2.58. The molecule has 1 heterocycles. The zero-order chi connectivity index (χ0) is 6.65. The molecule has 1 saturated carbocycles. The number of hydrogen-bond donors (Lipinski definition) is 0. The minimum Gasteiger partial charge on any atom is -0.305 e. The molecule has 3 heteroatoms. The summed E-state index contributed by atoms with van der Waals surface area (Å²) in [4.78, 5) is 1.97. The van der Waals surface area contributed by atoms with Gasteiger partial charge < -0.3 is 4.90 Å². The molecule has 0 aromatic heterocycles. The molecule has 0 unspecified atom stereocenters. The Labute approximate surface area is 52.6 Å². The fraction of sp³-hybridized carbons (Fsp3) is 1.00. The highest BCUT2D eigenvalue weighted by molar-refractivity contribution is 5.11. The smallest absolute Gasteiger partial charge is 0.257 e. The van der Waals surface area contributed by atoms with Crippen LogP contribution in [0.3, 0.4) is 0 Å². The highest BCUT2D eigenvalue weighted by Gasteiger charge is 2.70. The number of halogens is 2. The molecule has 0 spiro atoms. The second-order valence-electron chi connectivity index (χ2n) is 3.11. The van der Waals surface area contributed by atoms with Crippen LogP contribution in [0.4, 0.5) is 8.78 Å². The van der Waals surface area contributed by atoms with Crippen molar-refractivity contribution in [2.75, 3.05) is 20.1 Å². The lowest BCUT2D eigenvalue weighted by atomic mass is 10.4. The monoisotopic (exact) mass is 133 g/mol. The van der Waals surface area contributed by atoms with Crippen LogP contribution in [0.15, 0.2) is 0 Å². The minimum atomic E-state index is -2.30. The van der Waals surface area contributed by atoms with Gasteiger partial charge in [0.15, 0.2) is 0 Å². The van der Waals surface area contributed by atoms with Crippen molar-refractivity contribution in [1.82, 2.24) is 4.90 Å². The van der Waals surface area contributed by atoms with E-state index in [4.69, 9.17) is 0 Å². The maximum atomic E-state index is 12.4. The molecule has 9 heavy (non-hydrogen) atoms. The molecule has 52 valence electrons. The molecular formula is C6H9F2N. The number of rotatable bonds is 0. The highest BCUT2D eigenvalue weighted by atomic mass is 19.3. The van der Waals surface area contributed by atoms with E-state index >= 15 is 0 Å². The van der Waals surface area contributed by atoms with Gasteiger partial charge in [-0.15, -0.1) is 0 Å². The second-order valence-corrected chi connectivity index (χ2v) is 3.11. The summed E-state index contributed by atoms with van der Waals surface area (Å²) in [5, 5.41) is 0. The van der Waals surface area contributed by atoms with Gasteiger partial charge in [0, 0.05) is 24.9 Å². The fourth-order valence-corrected chi connectivity index (χ4v) is 1.70. The second kappa shape index (κ2) is 1.29. The van der Waals surface area contributed by atoms with Crippen LogP contribution in [0, 0.1) is 11.8 Å². The van der Waals surface area contributed by atoms with Crippen LogP contribution in [-0.4, -0.2) is 31.0 Å². The Hall–Kier alpha value is -0.180. The summed E-state index contributed by atoms with van der Waals surface area (Å²) in [5.74, 6) is -2.91. The molecule has 2 atom stereocenters. The van der Waals surface area contributed by atoms with Gasteiger partial charge in [-0.1, -0.05) is 0 Å². The first-order valence-electron chi connectivity index (χ1n) is 3.18. The molecule has 2 rings (SSSR count). The van der Waals surface area contributed by atoms with Crippen molar-refractivity contribution in [3.63, 3.8) is 0 Å². The number of alkyl halides is 2. The predicted octanol–water partition coefficient (Wildman–Crippen LogP) is 0.813. The summed E-state index contributed by atoms with van der Waals surface area (Å²) >= 11 is 0. The van der Waals surface area contributed by atoms with E-state index in [9.17, 15) is 8.78 Å². The van der Waals surface area contributed by atoms with Crippen molar-refractivity contribution >= 4 is 0 Å². The van der Waals surface area contributed by atoms with E-state index in [1.807, 2.05) is 11.9 Å². The lowest BCUT2D eigenvalue weighted by molar-refractivity contribution is 0.0583. The molecule has 0 radical (unpaired) electrons. The van der Waals surface area contributed by atoms with Crippen LogP contribution >= 0.6 is 0 Å². The summed E-state index contributed by atoms with van der Waals surface area (Å²) < 4.78 is 24.8. The van der Waals surface area contributed by atoms with Gasteiger partial charge in [-0.2, -0.15) is 0 Å². The van der Waals surface area contributed by atoms with E-state index in [0.717, 1.165) is 0 Å². The molecule has 0 bridgehead atoms. The molecule has 0 amide bonds. The van der Waals surface area contributed by atoms with Crippen molar-refractivity contribution in [2.24, 2.45) is 11.8 Å². The third kappa shape index (κ3) is 0.556. The van der Waals surface area contributed by atoms with Gasteiger partial charge in [-0.3, -0.25) is 0 Å². The van der Waals surface area contributed by atoms with Gasteiger partial charge >= 0.3 is 0 Å². The fourth-order valence-electron chi connectivity index (χ4n) is 1.70. The molecule has 0 N–H and O–H groups in total. The van der Waals surface area contributed by atoms with E-state index in [0.29, 0.717) is 13.1 Å². The Bertz CT molecular complexity index is 132. The molecule has 2 fully saturated rings. The van der Waals surface area contributed by atoms with Crippen LogP contribution in [0.2, 0.25) is 0 Å². The standard InChI is InChI=1S/C6H9F2N/c1-9-2-4-5(3-9)6(4,7)8/h4-5H,2-3H2,1H3/t4-,5+. The van der Waals surface area contributed by atoms with Crippen molar-refractivity contribution in [2.45, 2.75) is 5.92 Å². The quantitative estimate of drug-likeness (QED) is 0.472. The average Bonchev–Trinajstić information content (AvgIpc) is 2.27. The lowest BCUT2D eigenvalue weighted by Crippen LogP contribution is -2.23. The summed E-state index contributed by atoms with van der Waals surface area (Å²) in [6.45, 7) is 1.19. The first-order valence-corrected chi connectivity index (χ1v) is 3.18. The van der Waals surface area contributed by atoms with Gasteiger partial charge in [0.25, 0.3) is 5.92 Å². The van der Waals surface area contributed by atoms with E-state index in [2.05, 4.69) is 0 Å². The predicted molar refractivity (Wildman–Crippen MR) is 29.4 cm³/mol. The van der Waals surface area contributed by atoms with Crippen molar-refractivity contribution in [3.05, 3.63) is 0 Å². The first-order chi connectivity index (χ1) is 4.12. The molecule has 1 nitrogen and oxygen atoms in total. The van der Waals surface area contributed by atoms with Gasteiger partial charge in [0.1, 0.15) is 0 Å². The number of likely N-dealkylation sites (tertiary alicyclic amines) is 1. The lowest BCUT2D eigenvalue weighted by Gasteiger charge is -2.11. The molecule has 1 aliphatic carbocycles. The Morgan fingerprint density at radius 1 is 1.33 bits per heavy atom. The largest absolute Gasteiger partial charge is 0.305 e. The third-order valence-electron chi connectivity index (χ3n) is 2.38.